The number of carboxylic acids is 1. The number of hydrogen-bond acceptors (Lipinski definition) is 6. The first-order valence-corrected chi connectivity index (χ1v) is 7.87. The van der Waals surface area contributed by atoms with E-state index in [1.165, 1.54) is 18.2 Å². The van der Waals surface area contributed by atoms with Crippen molar-refractivity contribution in [3.8, 4) is 0 Å². The Morgan fingerprint density at radius 2 is 2.16 bits per heavy atom. The van der Waals surface area contributed by atoms with Crippen molar-refractivity contribution < 1.29 is 14.8 Å². The summed E-state index contributed by atoms with van der Waals surface area (Å²) in [6.45, 7) is 1.57. The van der Waals surface area contributed by atoms with Crippen LogP contribution in [0.2, 0.25) is 0 Å². The molecule has 3 aromatic rings. The topological polar surface area (TPSA) is 126 Å². The maximum atomic E-state index is 12.2. The predicted molar refractivity (Wildman–Crippen MR) is 94.0 cm³/mol. The van der Waals surface area contributed by atoms with Crippen molar-refractivity contribution in [2.75, 3.05) is 0 Å². The first-order chi connectivity index (χ1) is 11.9. The van der Waals surface area contributed by atoms with Crippen LogP contribution in [0.1, 0.15) is 26.6 Å². The van der Waals surface area contributed by atoms with E-state index in [-0.39, 0.29) is 21.8 Å². The molecule has 0 amide bonds. The van der Waals surface area contributed by atoms with Gasteiger partial charge >= 0.3 is 5.97 Å². The zero-order valence-electron chi connectivity index (χ0n) is 12.8. The minimum absolute atomic E-state index is 0.0426. The Kier molecular flexibility index (Phi) is 4.15. The van der Waals surface area contributed by atoms with Crippen molar-refractivity contribution >= 4 is 45.4 Å². The summed E-state index contributed by atoms with van der Waals surface area (Å²) in [4.78, 5) is 40.9. The smallest absolute Gasteiger partial charge is 0.346 e. The quantitative estimate of drug-likeness (QED) is 0.546. The third-order valence-electron chi connectivity index (χ3n) is 3.53. The van der Waals surface area contributed by atoms with Gasteiger partial charge < -0.3 is 10.1 Å². The lowest BCUT2D eigenvalue weighted by Crippen LogP contribution is -2.09. The zero-order chi connectivity index (χ0) is 18.1. The molecule has 1 aromatic carbocycles. The number of aromatic carboxylic acids is 1. The molecule has 0 aliphatic heterocycles. The van der Waals surface area contributed by atoms with Crippen LogP contribution in [0.4, 0.5) is 5.69 Å². The molecule has 9 heteroatoms. The van der Waals surface area contributed by atoms with Crippen molar-refractivity contribution in [1.82, 2.24) is 9.97 Å². The van der Waals surface area contributed by atoms with Crippen molar-refractivity contribution in [2.45, 2.75) is 6.92 Å². The number of H-pyrrole nitrogens is 1. The van der Waals surface area contributed by atoms with Crippen LogP contribution in [0.5, 0.6) is 0 Å². The van der Waals surface area contributed by atoms with Crippen LogP contribution in [0.3, 0.4) is 0 Å². The fourth-order valence-electron chi connectivity index (χ4n) is 2.36. The Bertz CT molecular complexity index is 1100. The van der Waals surface area contributed by atoms with Crippen LogP contribution in [-0.4, -0.2) is 26.0 Å². The molecule has 2 heterocycles. The maximum Gasteiger partial charge on any atom is 0.346 e. The normalized spacial score (nSPS) is 11.2. The molecule has 0 atom stereocenters. The van der Waals surface area contributed by atoms with E-state index in [2.05, 4.69) is 9.97 Å². The van der Waals surface area contributed by atoms with Gasteiger partial charge in [-0.1, -0.05) is 18.2 Å². The number of carboxylic acid groups (broad SMARTS) is 1. The molecule has 0 aliphatic carbocycles. The van der Waals surface area contributed by atoms with Gasteiger partial charge in [0.25, 0.3) is 11.2 Å². The molecule has 0 radical (unpaired) electrons. The molecule has 8 nitrogen and oxygen atoms in total. The number of rotatable bonds is 4. The number of hydrogen-bond donors (Lipinski definition) is 2. The van der Waals surface area contributed by atoms with Gasteiger partial charge in [-0.3, -0.25) is 14.9 Å². The molecule has 126 valence electrons. The number of non-ortho nitro benzene ring substituents is 1. The van der Waals surface area contributed by atoms with Crippen molar-refractivity contribution in [3.63, 3.8) is 0 Å². The minimum atomic E-state index is -1.10. The number of thiophene rings is 1. The number of aromatic nitrogens is 2. The average Bonchev–Trinajstić information content (AvgIpc) is 2.90. The number of nitro groups is 1. The van der Waals surface area contributed by atoms with E-state index in [1.54, 1.807) is 25.1 Å². The third kappa shape index (κ3) is 3.17. The van der Waals surface area contributed by atoms with Gasteiger partial charge in [0.15, 0.2) is 0 Å². The van der Waals surface area contributed by atoms with E-state index in [0.29, 0.717) is 16.0 Å². The van der Waals surface area contributed by atoms with Gasteiger partial charge in [0.05, 0.1) is 10.3 Å². The van der Waals surface area contributed by atoms with Crippen LogP contribution in [0.25, 0.3) is 22.4 Å². The summed E-state index contributed by atoms with van der Waals surface area (Å²) < 4.78 is 0. The summed E-state index contributed by atoms with van der Waals surface area (Å²) in [6, 6.07) is 6.01. The van der Waals surface area contributed by atoms with Crippen LogP contribution in [0.15, 0.2) is 29.1 Å². The lowest BCUT2D eigenvalue weighted by Gasteiger charge is -1.96. The molecule has 25 heavy (non-hydrogen) atoms. The SMILES string of the molecule is Cc1c(C(=O)O)sc2nc(C=Cc3cccc([N+](=O)[O-])c3)[nH]c(=O)c12. The number of fused-ring (bicyclic) bond motifs is 1. The van der Waals surface area contributed by atoms with Crippen LogP contribution < -0.4 is 5.56 Å². The van der Waals surface area contributed by atoms with E-state index in [4.69, 9.17) is 5.11 Å². The minimum Gasteiger partial charge on any atom is -0.477 e. The molecule has 0 bridgehead atoms. The van der Waals surface area contributed by atoms with Crippen molar-refractivity contribution in [1.29, 1.82) is 0 Å². The van der Waals surface area contributed by atoms with Gasteiger partial charge in [-0.05, 0) is 24.1 Å². The highest BCUT2D eigenvalue weighted by molar-refractivity contribution is 7.20. The van der Waals surface area contributed by atoms with Crippen molar-refractivity contribution in [3.05, 3.63) is 66.6 Å². The van der Waals surface area contributed by atoms with Crippen LogP contribution >= 0.6 is 11.3 Å². The van der Waals surface area contributed by atoms with E-state index in [0.717, 1.165) is 11.3 Å². The summed E-state index contributed by atoms with van der Waals surface area (Å²) in [5, 5.41) is 20.2. The molecule has 0 spiro atoms. The number of nitro benzene ring substituents is 1. The first-order valence-electron chi connectivity index (χ1n) is 7.06. The zero-order valence-corrected chi connectivity index (χ0v) is 13.7. The Labute approximate surface area is 144 Å². The van der Waals surface area contributed by atoms with Gasteiger partial charge in [0.2, 0.25) is 0 Å². The number of aryl methyl sites for hydroxylation is 1. The highest BCUT2D eigenvalue weighted by Crippen LogP contribution is 2.27. The Morgan fingerprint density at radius 1 is 1.40 bits per heavy atom. The molecule has 0 saturated carbocycles. The maximum absolute atomic E-state index is 12.2. The second-order valence-corrected chi connectivity index (χ2v) is 6.18. The number of carbonyl (C=O) groups is 1. The molecule has 0 aliphatic rings. The number of nitrogens with zero attached hydrogens (tertiary/aromatic N) is 2. The highest BCUT2D eigenvalue weighted by Gasteiger charge is 2.18. The van der Waals surface area contributed by atoms with E-state index in [1.807, 2.05) is 0 Å². The number of nitrogens with one attached hydrogen (secondary N) is 1. The molecule has 2 aromatic heterocycles. The Balaban J connectivity index is 2.02. The lowest BCUT2D eigenvalue weighted by molar-refractivity contribution is -0.384. The lowest BCUT2D eigenvalue weighted by atomic mass is 10.2. The molecule has 0 fully saturated rings. The molecular formula is C16H11N3O5S. The summed E-state index contributed by atoms with van der Waals surface area (Å²) in [7, 11) is 0. The summed E-state index contributed by atoms with van der Waals surface area (Å²) in [6.07, 6.45) is 3.09. The second kappa shape index (κ2) is 6.29. The molecular weight excluding hydrogens is 346 g/mol. The standard InChI is InChI=1S/C16H11N3O5S/c1-8-12-14(20)17-11(18-15(12)25-13(8)16(21)22)6-5-9-3-2-4-10(7-9)19(23)24/h2-7H,1H3,(H,21,22)(H,17,18,20). The van der Waals surface area contributed by atoms with Gasteiger partial charge in [0, 0.05) is 12.1 Å². The fraction of sp³-hybridized carbons (Fsp3) is 0.0625. The predicted octanol–water partition coefficient (Wildman–Crippen LogP) is 3.07. The third-order valence-corrected chi connectivity index (χ3v) is 4.70. The highest BCUT2D eigenvalue weighted by atomic mass is 32.1. The molecule has 3 rings (SSSR count). The van der Waals surface area contributed by atoms with Gasteiger partial charge in [-0.15, -0.1) is 11.3 Å². The largest absolute Gasteiger partial charge is 0.477 e. The second-order valence-electron chi connectivity index (χ2n) is 5.18. The van der Waals surface area contributed by atoms with Crippen molar-refractivity contribution in [2.24, 2.45) is 0 Å². The monoisotopic (exact) mass is 357 g/mol. The summed E-state index contributed by atoms with van der Waals surface area (Å²) >= 11 is 0.935. The van der Waals surface area contributed by atoms with Gasteiger partial charge in [0.1, 0.15) is 15.5 Å². The summed E-state index contributed by atoms with van der Waals surface area (Å²) in [5.41, 5.74) is 0.491. The number of aromatic amines is 1. The Morgan fingerprint density at radius 3 is 2.84 bits per heavy atom. The molecule has 0 unspecified atom stereocenters. The van der Waals surface area contributed by atoms with Crippen LogP contribution in [-0.2, 0) is 0 Å². The molecule has 0 saturated heterocycles. The number of benzene rings is 1. The van der Waals surface area contributed by atoms with Gasteiger partial charge in [-0.2, -0.15) is 0 Å². The van der Waals surface area contributed by atoms with Gasteiger partial charge in [-0.25, -0.2) is 9.78 Å². The fourth-order valence-corrected chi connectivity index (χ4v) is 3.39. The van der Waals surface area contributed by atoms with E-state index >= 15 is 0 Å². The summed E-state index contributed by atoms with van der Waals surface area (Å²) in [5.74, 6) is -0.865. The van der Waals surface area contributed by atoms with E-state index in [9.17, 15) is 19.7 Å². The van der Waals surface area contributed by atoms with E-state index < -0.39 is 16.5 Å². The first kappa shape index (κ1) is 16.5. The van der Waals surface area contributed by atoms with Crippen LogP contribution in [0, 0.1) is 17.0 Å². The molecule has 2 N–H and O–H groups in total. The average molecular weight is 357 g/mol. The Hall–Kier alpha value is -3.33.